The fraction of sp³-hybridized carbons (Fsp3) is 0.111. The van der Waals surface area contributed by atoms with Crippen molar-refractivity contribution in [3.63, 3.8) is 0 Å². The van der Waals surface area contributed by atoms with Crippen molar-refractivity contribution in [2.45, 2.75) is 6.92 Å². The Labute approximate surface area is 95.0 Å². The van der Waals surface area contributed by atoms with Crippen LogP contribution in [0.5, 0.6) is 0 Å². The Morgan fingerprint density at radius 3 is 2.59 bits per heavy atom. The molecule has 1 amide bonds. The maximum atomic E-state index is 11.6. The molecule has 0 saturated heterocycles. The fourth-order valence-corrected chi connectivity index (χ4v) is 1.21. The smallest absolute Gasteiger partial charge is 0.353 e. The standard InChI is InChI=1S/C9H9N5O3/c1-4-2-5(12-11-4)8(15)10-7-3-6(9(16)17)13-14-7/h2-3H,1H3,(H,11,12)(H,16,17)(H2,10,13,14,15). The number of nitrogens with zero attached hydrogens (tertiary/aromatic N) is 2. The van der Waals surface area contributed by atoms with Gasteiger partial charge in [0.2, 0.25) is 0 Å². The second kappa shape index (κ2) is 4.08. The highest BCUT2D eigenvalue weighted by molar-refractivity contribution is 6.02. The molecule has 0 aliphatic heterocycles. The number of anilines is 1. The van der Waals surface area contributed by atoms with E-state index in [1.165, 1.54) is 6.07 Å². The molecule has 0 fully saturated rings. The van der Waals surface area contributed by atoms with Gasteiger partial charge in [-0.05, 0) is 13.0 Å². The van der Waals surface area contributed by atoms with E-state index in [4.69, 9.17) is 5.11 Å². The predicted molar refractivity (Wildman–Crippen MR) is 56.8 cm³/mol. The van der Waals surface area contributed by atoms with Gasteiger partial charge in [0.25, 0.3) is 5.91 Å². The summed E-state index contributed by atoms with van der Waals surface area (Å²) in [6.45, 7) is 1.76. The van der Waals surface area contributed by atoms with E-state index in [1.807, 2.05) is 0 Å². The summed E-state index contributed by atoms with van der Waals surface area (Å²) in [5.74, 6) is -1.47. The van der Waals surface area contributed by atoms with Crippen LogP contribution in [0.1, 0.15) is 26.7 Å². The molecule has 0 aliphatic rings. The SMILES string of the molecule is Cc1cc(C(=O)Nc2cc(C(=O)O)[nH]n2)n[nH]1. The number of aryl methyl sites for hydroxylation is 1. The van der Waals surface area contributed by atoms with Crippen molar-refractivity contribution in [2.75, 3.05) is 5.32 Å². The number of aromatic carboxylic acids is 1. The molecule has 0 spiro atoms. The van der Waals surface area contributed by atoms with Crippen LogP contribution in [0, 0.1) is 6.92 Å². The largest absolute Gasteiger partial charge is 0.477 e. The summed E-state index contributed by atoms with van der Waals surface area (Å²) < 4.78 is 0. The lowest BCUT2D eigenvalue weighted by atomic mass is 10.3. The molecular weight excluding hydrogens is 226 g/mol. The van der Waals surface area contributed by atoms with Crippen LogP contribution in [-0.2, 0) is 0 Å². The number of H-pyrrole nitrogens is 2. The summed E-state index contributed by atoms with van der Waals surface area (Å²) in [5, 5.41) is 23.4. The number of rotatable bonds is 3. The van der Waals surface area contributed by atoms with Crippen molar-refractivity contribution in [1.29, 1.82) is 0 Å². The topological polar surface area (TPSA) is 124 Å². The molecular formula is C9H9N5O3. The van der Waals surface area contributed by atoms with Crippen molar-refractivity contribution >= 4 is 17.7 Å². The number of hydrogen-bond acceptors (Lipinski definition) is 4. The molecule has 8 nitrogen and oxygen atoms in total. The molecule has 17 heavy (non-hydrogen) atoms. The Bertz CT molecular complexity index is 571. The van der Waals surface area contributed by atoms with Gasteiger partial charge in [-0.25, -0.2) is 4.79 Å². The minimum absolute atomic E-state index is 0.0986. The Balaban J connectivity index is 2.10. The third-order valence-corrected chi connectivity index (χ3v) is 1.99. The lowest BCUT2D eigenvalue weighted by Gasteiger charge is -1.96. The third kappa shape index (κ3) is 2.30. The molecule has 0 unspecified atom stereocenters. The van der Waals surface area contributed by atoms with Crippen molar-refractivity contribution in [3.8, 4) is 0 Å². The van der Waals surface area contributed by atoms with Crippen LogP contribution in [0.2, 0.25) is 0 Å². The van der Waals surface area contributed by atoms with Gasteiger partial charge < -0.3 is 10.4 Å². The zero-order chi connectivity index (χ0) is 12.4. The van der Waals surface area contributed by atoms with Crippen molar-refractivity contribution in [3.05, 3.63) is 29.2 Å². The van der Waals surface area contributed by atoms with Gasteiger partial charge in [-0.15, -0.1) is 0 Å². The van der Waals surface area contributed by atoms with Crippen LogP contribution in [0.3, 0.4) is 0 Å². The molecule has 0 saturated carbocycles. The van der Waals surface area contributed by atoms with E-state index in [0.717, 1.165) is 5.69 Å². The second-order valence-electron chi connectivity index (χ2n) is 3.36. The molecule has 2 heterocycles. The van der Waals surface area contributed by atoms with Crippen molar-refractivity contribution < 1.29 is 14.7 Å². The third-order valence-electron chi connectivity index (χ3n) is 1.99. The van der Waals surface area contributed by atoms with Gasteiger partial charge in [0.15, 0.2) is 11.5 Å². The van der Waals surface area contributed by atoms with Gasteiger partial charge in [0, 0.05) is 11.8 Å². The maximum Gasteiger partial charge on any atom is 0.353 e. The maximum absolute atomic E-state index is 11.6. The Morgan fingerprint density at radius 2 is 2.06 bits per heavy atom. The highest BCUT2D eigenvalue weighted by Crippen LogP contribution is 2.07. The van der Waals surface area contributed by atoms with Crippen LogP contribution in [-0.4, -0.2) is 37.4 Å². The summed E-state index contributed by atoms with van der Waals surface area (Å²) in [6.07, 6.45) is 0. The molecule has 0 aromatic carbocycles. The molecule has 4 N–H and O–H groups in total. The lowest BCUT2D eigenvalue weighted by Crippen LogP contribution is -2.12. The molecule has 88 valence electrons. The summed E-state index contributed by atoms with van der Waals surface area (Å²) in [4.78, 5) is 22.2. The number of hydrogen-bond donors (Lipinski definition) is 4. The number of aromatic nitrogens is 4. The van der Waals surface area contributed by atoms with Crippen LogP contribution in [0.4, 0.5) is 5.82 Å². The number of nitrogens with one attached hydrogen (secondary N) is 3. The predicted octanol–water partition coefficient (Wildman–Crippen LogP) is 0.392. The zero-order valence-electron chi connectivity index (χ0n) is 8.81. The first kappa shape index (κ1) is 10.9. The van der Waals surface area contributed by atoms with E-state index in [9.17, 15) is 9.59 Å². The quantitative estimate of drug-likeness (QED) is 0.612. The van der Waals surface area contributed by atoms with Gasteiger partial charge in [0.1, 0.15) is 5.69 Å². The number of aromatic amines is 2. The molecule has 8 heteroatoms. The van der Waals surface area contributed by atoms with E-state index in [2.05, 4.69) is 25.7 Å². The van der Waals surface area contributed by atoms with E-state index >= 15 is 0 Å². The minimum Gasteiger partial charge on any atom is -0.477 e. The Morgan fingerprint density at radius 1 is 1.29 bits per heavy atom. The highest BCUT2D eigenvalue weighted by Gasteiger charge is 2.13. The van der Waals surface area contributed by atoms with E-state index in [-0.39, 0.29) is 17.2 Å². The molecule has 2 rings (SSSR count). The first-order valence-electron chi connectivity index (χ1n) is 4.68. The molecule has 0 bridgehead atoms. The van der Waals surface area contributed by atoms with Crippen LogP contribution >= 0.6 is 0 Å². The van der Waals surface area contributed by atoms with Gasteiger partial charge in [-0.1, -0.05) is 0 Å². The number of carbonyl (C=O) groups is 2. The monoisotopic (exact) mass is 235 g/mol. The minimum atomic E-state index is -1.14. The van der Waals surface area contributed by atoms with Crippen molar-refractivity contribution in [1.82, 2.24) is 20.4 Å². The number of amides is 1. The van der Waals surface area contributed by atoms with Gasteiger partial charge in [-0.3, -0.25) is 15.0 Å². The van der Waals surface area contributed by atoms with Crippen molar-refractivity contribution in [2.24, 2.45) is 0 Å². The molecule has 2 aromatic heterocycles. The van der Waals surface area contributed by atoms with Gasteiger partial charge in [0.05, 0.1) is 0 Å². The average Bonchev–Trinajstić information content (AvgIpc) is 2.86. The number of carbonyl (C=O) groups excluding carboxylic acids is 1. The van der Waals surface area contributed by atoms with E-state index in [1.54, 1.807) is 13.0 Å². The van der Waals surface area contributed by atoms with Crippen LogP contribution < -0.4 is 5.32 Å². The first-order valence-corrected chi connectivity index (χ1v) is 4.68. The molecule has 0 radical (unpaired) electrons. The van der Waals surface area contributed by atoms with Crippen LogP contribution in [0.15, 0.2) is 12.1 Å². The van der Waals surface area contributed by atoms with E-state index in [0.29, 0.717) is 0 Å². The summed E-state index contributed by atoms with van der Waals surface area (Å²) in [5.41, 5.74) is 0.865. The fourth-order valence-electron chi connectivity index (χ4n) is 1.21. The number of carboxylic acids is 1. The molecule has 0 atom stereocenters. The zero-order valence-corrected chi connectivity index (χ0v) is 8.81. The lowest BCUT2D eigenvalue weighted by molar-refractivity contribution is 0.0690. The Hall–Kier alpha value is -2.64. The number of carboxylic acid groups (broad SMARTS) is 1. The average molecular weight is 235 g/mol. The summed E-state index contributed by atoms with van der Waals surface area (Å²) >= 11 is 0. The molecule has 2 aromatic rings. The summed E-state index contributed by atoms with van der Waals surface area (Å²) in [7, 11) is 0. The first-order chi connectivity index (χ1) is 8.06. The molecule has 0 aliphatic carbocycles. The van der Waals surface area contributed by atoms with Gasteiger partial charge >= 0.3 is 5.97 Å². The van der Waals surface area contributed by atoms with E-state index < -0.39 is 11.9 Å². The van der Waals surface area contributed by atoms with Crippen LogP contribution in [0.25, 0.3) is 0 Å². The van der Waals surface area contributed by atoms with Gasteiger partial charge in [-0.2, -0.15) is 10.2 Å². The Kier molecular flexibility index (Phi) is 2.61. The normalized spacial score (nSPS) is 10.2. The second-order valence-corrected chi connectivity index (χ2v) is 3.36. The highest BCUT2D eigenvalue weighted by atomic mass is 16.4. The summed E-state index contributed by atoms with van der Waals surface area (Å²) in [6, 6.07) is 2.79.